The van der Waals surface area contributed by atoms with Gasteiger partial charge in [0.2, 0.25) is 0 Å². The van der Waals surface area contributed by atoms with E-state index in [1.54, 1.807) is 37.4 Å². The minimum Gasteiger partial charge on any atom is -0.508 e. The van der Waals surface area contributed by atoms with E-state index in [-0.39, 0.29) is 22.7 Å². The zero-order valence-corrected chi connectivity index (χ0v) is 18.1. The molecule has 0 atom stereocenters. The standard InChI is InChI=1S/C24H17F3N2O3S/c1-29-22(32)19-12-18(30)10-11-20(19)28-23(29)33-13-14-2-4-15(5-3-14)21(31)16-6-8-17(9-7-16)24(25,26)27/h2-12,30H,13H2,1H3. The molecule has 0 saturated heterocycles. The molecule has 0 amide bonds. The average molecular weight is 470 g/mol. The Balaban J connectivity index is 1.48. The van der Waals surface area contributed by atoms with Gasteiger partial charge in [0.1, 0.15) is 5.75 Å². The second-order valence-electron chi connectivity index (χ2n) is 7.35. The van der Waals surface area contributed by atoms with Crippen LogP contribution in [0.4, 0.5) is 13.2 Å². The van der Waals surface area contributed by atoms with E-state index in [9.17, 15) is 27.9 Å². The van der Waals surface area contributed by atoms with Crippen LogP contribution in [0.15, 0.2) is 76.7 Å². The third-order valence-electron chi connectivity index (χ3n) is 5.08. The number of nitrogens with zero attached hydrogens (tertiary/aromatic N) is 2. The molecule has 0 aliphatic rings. The Morgan fingerprint density at radius 3 is 2.21 bits per heavy atom. The SMILES string of the molecule is Cn1c(SCc2ccc(C(=O)c3ccc(C(F)(F)F)cc3)cc2)nc2ccc(O)cc2c1=O. The van der Waals surface area contributed by atoms with E-state index >= 15 is 0 Å². The van der Waals surface area contributed by atoms with Gasteiger partial charge in [-0.1, -0.05) is 48.2 Å². The fourth-order valence-electron chi connectivity index (χ4n) is 3.24. The minimum atomic E-state index is -4.45. The summed E-state index contributed by atoms with van der Waals surface area (Å²) in [6, 6.07) is 15.3. The highest BCUT2D eigenvalue weighted by atomic mass is 32.2. The molecule has 0 aliphatic heterocycles. The second-order valence-corrected chi connectivity index (χ2v) is 8.29. The third kappa shape index (κ3) is 4.78. The number of phenolic OH excluding ortho intramolecular Hbond substituents is 1. The zero-order valence-electron chi connectivity index (χ0n) is 17.3. The molecule has 0 radical (unpaired) electrons. The summed E-state index contributed by atoms with van der Waals surface area (Å²) in [6.45, 7) is 0. The third-order valence-corrected chi connectivity index (χ3v) is 6.18. The van der Waals surface area contributed by atoms with Crippen molar-refractivity contribution in [1.82, 2.24) is 9.55 Å². The number of carbonyl (C=O) groups is 1. The van der Waals surface area contributed by atoms with E-state index in [0.717, 1.165) is 17.7 Å². The summed E-state index contributed by atoms with van der Waals surface area (Å²) in [7, 11) is 1.60. The lowest BCUT2D eigenvalue weighted by atomic mass is 10.0. The summed E-state index contributed by atoms with van der Waals surface area (Å²) in [5, 5.41) is 10.4. The molecule has 1 heterocycles. The van der Waals surface area contributed by atoms with Gasteiger partial charge in [0.05, 0.1) is 16.5 Å². The molecule has 1 aromatic heterocycles. The van der Waals surface area contributed by atoms with E-state index in [0.29, 0.717) is 27.4 Å². The van der Waals surface area contributed by atoms with Crippen LogP contribution in [0, 0.1) is 0 Å². The molecule has 0 aliphatic carbocycles. The van der Waals surface area contributed by atoms with E-state index in [2.05, 4.69) is 4.98 Å². The summed E-state index contributed by atoms with van der Waals surface area (Å²) >= 11 is 1.35. The quantitative estimate of drug-likeness (QED) is 0.247. The van der Waals surface area contributed by atoms with Crippen molar-refractivity contribution in [1.29, 1.82) is 0 Å². The maximum atomic E-state index is 12.7. The van der Waals surface area contributed by atoms with Crippen LogP contribution in [0.3, 0.4) is 0 Å². The van der Waals surface area contributed by atoms with Gasteiger partial charge in [-0.15, -0.1) is 0 Å². The molecule has 4 rings (SSSR count). The van der Waals surface area contributed by atoms with Crippen molar-refractivity contribution < 1.29 is 23.1 Å². The van der Waals surface area contributed by atoms with Crippen LogP contribution >= 0.6 is 11.8 Å². The molecule has 0 unspecified atom stereocenters. The van der Waals surface area contributed by atoms with Crippen LogP contribution in [0.2, 0.25) is 0 Å². The second kappa shape index (κ2) is 8.74. The topological polar surface area (TPSA) is 72.2 Å². The highest BCUT2D eigenvalue weighted by Crippen LogP contribution is 2.29. The van der Waals surface area contributed by atoms with E-state index < -0.39 is 11.7 Å². The largest absolute Gasteiger partial charge is 0.508 e. The zero-order chi connectivity index (χ0) is 23.8. The van der Waals surface area contributed by atoms with Crippen molar-refractivity contribution in [3.05, 3.63) is 99.3 Å². The number of thioether (sulfide) groups is 1. The van der Waals surface area contributed by atoms with Crippen molar-refractivity contribution in [3.63, 3.8) is 0 Å². The van der Waals surface area contributed by atoms with Gasteiger partial charge < -0.3 is 5.11 Å². The number of aromatic nitrogens is 2. The molecule has 0 spiro atoms. The fraction of sp³-hybridized carbons (Fsp3) is 0.125. The maximum absolute atomic E-state index is 12.7. The van der Waals surface area contributed by atoms with Crippen LogP contribution in [-0.4, -0.2) is 20.4 Å². The summed E-state index contributed by atoms with van der Waals surface area (Å²) in [4.78, 5) is 29.6. The van der Waals surface area contributed by atoms with E-state index in [4.69, 9.17) is 0 Å². The van der Waals surface area contributed by atoms with Crippen LogP contribution in [0.1, 0.15) is 27.0 Å². The highest BCUT2D eigenvalue weighted by Gasteiger charge is 2.30. The summed E-state index contributed by atoms with van der Waals surface area (Å²) in [6.07, 6.45) is -4.45. The number of alkyl halides is 3. The monoisotopic (exact) mass is 470 g/mol. The van der Waals surface area contributed by atoms with Crippen molar-refractivity contribution in [3.8, 4) is 5.75 Å². The number of rotatable bonds is 5. The van der Waals surface area contributed by atoms with Crippen molar-refractivity contribution in [2.45, 2.75) is 17.1 Å². The molecule has 3 aromatic carbocycles. The number of phenols is 1. The molecule has 4 aromatic rings. The van der Waals surface area contributed by atoms with Crippen LogP contribution < -0.4 is 5.56 Å². The normalized spacial score (nSPS) is 11.6. The Morgan fingerprint density at radius 1 is 1.00 bits per heavy atom. The lowest BCUT2D eigenvalue weighted by Crippen LogP contribution is -2.19. The first-order valence-corrected chi connectivity index (χ1v) is 10.8. The number of benzene rings is 3. The Kier molecular flexibility index (Phi) is 5.99. The molecular weight excluding hydrogens is 453 g/mol. The lowest BCUT2D eigenvalue weighted by molar-refractivity contribution is -0.137. The molecule has 0 bridgehead atoms. The first kappa shape index (κ1) is 22.6. The molecule has 0 fully saturated rings. The van der Waals surface area contributed by atoms with Crippen molar-refractivity contribution in [2.24, 2.45) is 7.05 Å². The molecule has 0 saturated carbocycles. The average Bonchev–Trinajstić information content (AvgIpc) is 2.80. The van der Waals surface area contributed by atoms with Gasteiger partial charge in [-0.25, -0.2) is 4.98 Å². The lowest BCUT2D eigenvalue weighted by Gasteiger charge is -2.09. The highest BCUT2D eigenvalue weighted by molar-refractivity contribution is 7.98. The Bertz CT molecular complexity index is 1400. The van der Waals surface area contributed by atoms with Crippen LogP contribution in [-0.2, 0) is 19.0 Å². The van der Waals surface area contributed by atoms with Gasteiger partial charge in [0.25, 0.3) is 5.56 Å². The summed E-state index contributed by atoms with van der Waals surface area (Å²) < 4.78 is 39.5. The first-order chi connectivity index (χ1) is 15.6. The Labute approximate surface area is 190 Å². The Hall–Kier alpha value is -3.59. The first-order valence-electron chi connectivity index (χ1n) is 9.77. The number of halogens is 3. The number of carbonyl (C=O) groups excluding carboxylic acids is 1. The number of aromatic hydroxyl groups is 1. The van der Waals surface area contributed by atoms with Crippen LogP contribution in [0.25, 0.3) is 10.9 Å². The summed E-state index contributed by atoms with van der Waals surface area (Å²) in [5.41, 5.74) is 0.821. The van der Waals surface area contributed by atoms with Crippen molar-refractivity contribution >= 4 is 28.4 Å². The van der Waals surface area contributed by atoms with Gasteiger partial charge in [0, 0.05) is 23.9 Å². The minimum absolute atomic E-state index is 0.00673. The van der Waals surface area contributed by atoms with E-state index in [1.807, 2.05) is 0 Å². The molecule has 1 N–H and O–H groups in total. The van der Waals surface area contributed by atoms with Gasteiger partial charge in [-0.2, -0.15) is 13.2 Å². The van der Waals surface area contributed by atoms with Gasteiger partial charge in [-0.05, 0) is 35.9 Å². The van der Waals surface area contributed by atoms with E-state index in [1.165, 1.54) is 40.6 Å². The summed E-state index contributed by atoms with van der Waals surface area (Å²) in [5.74, 6) is 0.107. The van der Waals surface area contributed by atoms with Gasteiger partial charge >= 0.3 is 6.18 Å². The van der Waals surface area contributed by atoms with Gasteiger partial charge in [-0.3, -0.25) is 14.2 Å². The maximum Gasteiger partial charge on any atom is 0.416 e. The molecular formula is C24H17F3N2O3S. The fourth-order valence-corrected chi connectivity index (χ4v) is 4.17. The number of fused-ring (bicyclic) bond motifs is 1. The number of hydrogen-bond donors (Lipinski definition) is 1. The predicted molar refractivity (Wildman–Crippen MR) is 120 cm³/mol. The molecule has 33 heavy (non-hydrogen) atoms. The van der Waals surface area contributed by atoms with Crippen LogP contribution in [0.5, 0.6) is 5.75 Å². The van der Waals surface area contributed by atoms with Gasteiger partial charge in [0.15, 0.2) is 10.9 Å². The smallest absolute Gasteiger partial charge is 0.416 e. The molecule has 168 valence electrons. The number of hydrogen-bond acceptors (Lipinski definition) is 5. The molecule has 9 heteroatoms. The Morgan fingerprint density at radius 2 is 1.61 bits per heavy atom. The van der Waals surface area contributed by atoms with Crippen molar-refractivity contribution in [2.75, 3.05) is 0 Å². The molecule has 5 nitrogen and oxygen atoms in total. The number of ketones is 1. The predicted octanol–water partition coefficient (Wildman–Crippen LogP) is 5.18.